The number of anilines is 1. The summed E-state index contributed by atoms with van der Waals surface area (Å²) in [6, 6.07) is 6.63. The molecule has 1 unspecified atom stereocenters. The van der Waals surface area contributed by atoms with Crippen LogP contribution in [0.3, 0.4) is 0 Å². The summed E-state index contributed by atoms with van der Waals surface area (Å²) in [7, 11) is -2.98. The molecule has 7 heteroatoms. The number of benzene rings is 1. The molecule has 21 heavy (non-hydrogen) atoms. The fourth-order valence-corrected chi connectivity index (χ4v) is 4.30. The number of rotatable bonds is 5. The van der Waals surface area contributed by atoms with Gasteiger partial charge in [-0.05, 0) is 30.0 Å². The number of sulfone groups is 1. The molecule has 1 amide bonds. The van der Waals surface area contributed by atoms with Gasteiger partial charge in [-0.25, -0.2) is 8.42 Å². The average Bonchev–Trinajstić information content (AvgIpc) is 2.67. The van der Waals surface area contributed by atoms with Gasteiger partial charge < -0.3 is 10.4 Å². The van der Waals surface area contributed by atoms with E-state index in [1.54, 1.807) is 24.3 Å². The van der Waals surface area contributed by atoms with Crippen LogP contribution >= 0.6 is 0 Å². The Morgan fingerprint density at radius 1 is 1.33 bits per heavy atom. The Morgan fingerprint density at radius 3 is 2.71 bits per heavy atom. The van der Waals surface area contributed by atoms with Gasteiger partial charge in [0, 0.05) is 12.1 Å². The highest BCUT2D eigenvalue weighted by Crippen LogP contribution is 2.22. The highest BCUT2D eigenvalue weighted by atomic mass is 32.2. The third kappa shape index (κ3) is 4.86. The van der Waals surface area contributed by atoms with Crippen molar-refractivity contribution in [3.05, 3.63) is 29.8 Å². The van der Waals surface area contributed by atoms with Crippen LogP contribution in [0, 0.1) is 5.92 Å². The maximum Gasteiger partial charge on any atom is 0.307 e. The van der Waals surface area contributed by atoms with Gasteiger partial charge in [-0.3, -0.25) is 9.59 Å². The number of carboxylic acid groups (broad SMARTS) is 1. The number of aliphatic carboxylic acids is 1. The lowest BCUT2D eigenvalue weighted by Crippen LogP contribution is -2.17. The van der Waals surface area contributed by atoms with Gasteiger partial charge >= 0.3 is 5.97 Å². The Hall–Kier alpha value is -1.89. The molecule has 1 heterocycles. The number of hydrogen-bond acceptors (Lipinski definition) is 4. The Labute approximate surface area is 123 Å². The highest BCUT2D eigenvalue weighted by molar-refractivity contribution is 7.91. The van der Waals surface area contributed by atoms with Crippen LogP contribution in [0.5, 0.6) is 0 Å². The zero-order valence-electron chi connectivity index (χ0n) is 11.4. The van der Waals surface area contributed by atoms with E-state index in [1.165, 1.54) is 0 Å². The van der Waals surface area contributed by atoms with E-state index in [0.717, 1.165) is 0 Å². The van der Waals surface area contributed by atoms with Gasteiger partial charge in [0.15, 0.2) is 9.84 Å². The van der Waals surface area contributed by atoms with Crippen LogP contribution in [0.25, 0.3) is 0 Å². The summed E-state index contributed by atoms with van der Waals surface area (Å²) < 4.78 is 22.7. The van der Waals surface area contributed by atoms with Gasteiger partial charge in [0.25, 0.3) is 0 Å². The quantitative estimate of drug-likeness (QED) is 0.847. The molecule has 1 saturated heterocycles. The van der Waals surface area contributed by atoms with Gasteiger partial charge in [0.2, 0.25) is 5.91 Å². The molecule has 0 aromatic heterocycles. The lowest BCUT2D eigenvalue weighted by Gasteiger charge is -2.09. The van der Waals surface area contributed by atoms with Crippen LogP contribution in [0.4, 0.5) is 5.69 Å². The molecule has 0 aliphatic carbocycles. The molecule has 114 valence electrons. The molecule has 1 aliphatic rings. The minimum atomic E-state index is -2.98. The van der Waals surface area contributed by atoms with Gasteiger partial charge in [0.05, 0.1) is 17.9 Å². The Bertz CT molecular complexity index is 653. The van der Waals surface area contributed by atoms with Gasteiger partial charge in [-0.2, -0.15) is 0 Å². The van der Waals surface area contributed by atoms with E-state index in [1.807, 2.05) is 0 Å². The molecule has 1 aliphatic heterocycles. The molecule has 2 rings (SSSR count). The number of carboxylic acids is 1. The van der Waals surface area contributed by atoms with E-state index in [9.17, 15) is 18.0 Å². The monoisotopic (exact) mass is 311 g/mol. The summed E-state index contributed by atoms with van der Waals surface area (Å²) >= 11 is 0. The summed E-state index contributed by atoms with van der Waals surface area (Å²) in [5.74, 6) is -1.09. The molecule has 2 N–H and O–H groups in total. The first kappa shape index (κ1) is 15.5. The van der Waals surface area contributed by atoms with Crippen molar-refractivity contribution in [2.75, 3.05) is 16.8 Å². The van der Waals surface area contributed by atoms with Crippen LogP contribution in [0.1, 0.15) is 18.4 Å². The zero-order valence-corrected chi connectivity index (χ0v) is 12.2. The van der Waals surface area contributed by atoms with Crippen LogP contribution < -0.4 is 5.32 Å². The topological polar surface area (TPSA) is 101 Å². The Kier molecular flexibility index (Phi) is 4.62. The molecule has 0 saturated carbocycles. The van der Waals surface area contributed by atoms with Crippen molar-refractivity contribution in [3.8, 4) is 0 Å². The first-order chi connectivity index (χ1) is 9.84. The molecule has 6 nitrogen and oxygen atoms in total. The van der Waals surface area contributed by atoms with Crippen LogP contribution in [0.2, 0.25) is 0 Å². The van der Waals surface area contributed by atoms with Crippen molar-refractivity contribution < 1.29 is 23.1 Å². The average molecular weight is 311 g/mol. The largest absolute Gasteiger partial charge is 0.481 e. The third-order valence-corrected chi connectivity index (χ3v) is 5.20. The van der Waals surface area contributed by atoms with E-state index < -0.39 is 15.8 Å². The normalized spacial score (nSPS) is 20.1. The second kappa shape index (κ2) is 6.26. The molecule has 1 fully saturated rings. The molecule has 1 atom stereocenters. The number of carbonyl (C=O) groups excluding carboxylic acids is 1. The van der Waals surface area contributed by atoms with Gasteiger partial charge in [0.1, 0.15) is 0 Å². The summed E-state index contributed by atoms with van der Waals surface area (Å²) in [4.78, 5) is 22.5. The minimum absolute atomic E-state index is 0.0689. The van der Waals surface area contributed by atoms with E-state index >= 15 is 0 Å². The van der Waals surface area contributed by atoms with Crippen molar-refractivity contribution >= 4 is 27.4 Å². The SMILES string of the molecule is O=C(O)Cc1cccc(NC(=O)CC2CCS(=O)(=O)C2)c1. The number of carbonyl (C=O) groups is 2. The highest BCUT2D eigenvalue weighted by Gasteiger charge is 2.29. The predicted molar refractivity (Wildman–Crippen MR) is 77.8 cm³/mol. The molecule has 0 spiro atoms. The maximum absolute atomic E-state index is 11.9. The van der Waals surface area contributed by atoms with Crippen molar-refractivity contribution in [1.29, 1.82) is 0 Å². The first-order valence-electron chi connectivity index (χ1n) is 6.65. The van der Waals surface area contributed by atoms with Crippen molar-refractivity contribution in [3.63, 3.8) is 0 Å². The van der Waals surface area contributed by atoms with E-state index in [0.29, 0.717) is 17.7 Å². The summed E-state index contributed by atoms with van der Waals surface area (Å²) in [5, 5.41) is 11.4. The number of hydrogen-bond donors (Lipinski definition) is 2. The van der Waals surface area contributed by atoms with Gasteiger partial charge in [-0.15, -0.1) is 0 Å². The second-order valence-corrected chi connectivity index (χ2v) is 7.52. The zero-order chi connectivity index (χ0) is 15.5. The molecular formula is C14H17NO5S. The predicted octanol–water partition coefficient (Wildman–Crippen LogP) is 1.08. The van der Waals surface area contributed by atoms with Crippen LogP contribution in [-0.2, 0) is 25.8 Å². The smallest absolute Gasteiger partial charge is 0.307 e. The fraction of sp³-hybridized carbons (Fsp3) is 0.429. The van der Waals surface area contributed by atoms with Crippen molar-refractivity contribution in [2.45, 2.75) is 19.3 Å². The summed E-state index contributed by atoms with van der Waals surface area (Å²) in [5.41, 5.74) is 1.13. The number of amides is 1. The summed E-state index contributed by atoms with van der Waals surface area (Å²) in [6.07, 6.45) is 0.585. The molecule has 1 aromatic carbocycles. The van der Waals surface area contributed by atoms with Crippen LogP contribution in [0.15, 0.2) is 24.3 Å². The standard InChI is InChI=1S/C14H17NO5S/c16-13(7-11-4-5-21(19,20)9-11)15-12-3-1-2-10(6-12)8-14(17)18/h1-3,6,11H,4-5,7-9H2,(H,15,16)(H,17,18). The third-order valence-electron chi connectivity index (χ3n) is 3.37. The maximum atomic E-state index is 11.9. The molecule has 0 radical (unpaired) electrons. The Balaban J connectivity index is 1.92. The second-order valence-electron chi connectivity index (χ2n) is 5.29. The summed E-state index contributed by atoms with van der Waals surface area (Å²) in [6.45, 7) is 0. The van der Waals surface area contributed by atoms with Crippen molar-refractivity contribution in [2.24, 2.45) is 5.92 Å². The lowest BCUT2D eigenvalue weighted by molar-refractivity contribution is -0.136. The Morgan fingerprint density at radius 2 is 2.10 bits per heavy atom. The van der Waals surface area contributed by atoms with E-state index in [2.05, 4.69) is 5.32 Å². The van der Waals surface area contributed by atoms with Crippen LogP contribution in [-0.4, -0.2) is 36.9 Å². The molecule has 1 aromatic rings. The van der Waals surface area contributed by atoms with Crippen molar-refractivity contribution in [1.82, 2.24) is 0 Å². The molecular weight excluding hydrogens is 294 g/mol. The lowest BCUT2D eigenvalue weighted by atomic mass is 10.0. The van der Waals surface area contributed by atoms with E-state index in [-0.39, 0.29) is 36.2 Å². The fourth-order valence-electron chi connectivity index (χ4n) is 2.44. The first-order valence-corrected chi connectivity index (χ1v) is 8.47. The number of nitrogens with one attached hydrogen (secondary N) is 1. The molecule has 0 bridgehead atoms. The van der Waals surface area contributed by atoms with Gasteiger partial charge in [-0.1, -0.05) is 12.1 Å². The minimum Gasteiger partial charge on any atom is -0.481 e. The van der Waals surface area contributed by atoms with E-state index in [4.69, 9.17) is 5.11 Å².